The molecule has 1 atom stereocenters. The van der Waals surface area contributed by atoms with Crippen LogP contribution in [-0.2, 0) is 9.59 Å². The number of carboxylic acids is 2. The van der Waals surface area contributed by atoms with Crippen molar-refractivity contribution in [3.05, 3.63) is 24.0 Å². The van der Waals surface area contributed by atoms with Crippen molar-refractivity contribution in [2.24, 2.45) is 0 Å². The second kappa shape index (κ2) is 7.07. The highest BCUT2D eigenvalue weighted by molar-refractivity contribution is 5.92. The Bertz CT molecular complexity index is 518. The van der Waals surface area contributed by atoms with Gasteiger partial charge in [0, 0.05) is 12.6 Å². The lowest BCUT2D eigenvalue weighted by Gasteiger charge is -2.14. The van der Waals surface area contributed by atoms with Crippen LogP contribution < -0.4 is 10.6 Å². The molecular formula is C12H15N3O5. The number of nitrogens with zero attached hydrogens (tertiary/aromatic N) is 1. The molecule has 20 heavy (non-hydrogen) atoms. The van der Waals surface area contributed by atoms with E-state index >= 15 is 0 Å². The Kier molecular flexibility index (Phi) is 5.45. The molecule has 1 aromatic rings. The van der Waals surface area contributed by atoms with Crippen molar-refractivity contribution in [1.29, 1.82) is 0 Å². The van der Waals surface area contributed by atoms with Gasteiger partial charge < -0.3 is 20.8 Å². The molecule has 0 aliphatic heterocycles. The average Bonchev–Trinajstić information content (AvgIpc) is 2.33. The van der Waals surface area contributed by atoms with Crippen LogP contribution in [0.4, 0.5) is 10.5 Å². The fraction of sp³-hybridized carbons (Fsp3) is 0.333. The summed E-state index contributed by atoms with van der Waals surface area (Å²) in [6.45, 7) is 1.79. The zero-order valence-electron chi connectivity index (χ0n) is 10.8. The third kappa shape index (κ3) is 5.34. The zero-order valence-corrected chi connectivity index (χ0v) is 10.8. The largest absolute Gasteiger partial charge is 0.481 e. The minimum atomic E-state index is -1.29. The molecule has 4 N–H and O–H groups in total. The summed E-state index contributed by atoms with van der Waals surface area (Å²) in [7, 11) is 0. The summed E-state index contributed by atoms with van der Waals surface area (Å²) in [5.41, 5.74) is 1.26. The molecule has 0 spiro atoms. The first kappa shape index (κ1) is 15.4. The van der Waals surface area contributed by atoms with Gasteiger partial charge in [-0.3, -0.25) is 9.78 Å². The topological polar surface area (TPSA) is 129 Å². The summed E-state index contributed by atoms with van der Waals surface area (Å²) in [6.07, 6.45) is 2.49. The monoisotopic (exact) mass is 281 g/mol. The maximum atomic E-state index is 11.6. The number of nitrogens with one attached hydrogen (secondary N) is 2. The Hall–Kier alpha value is -2.64. The quantitative estimate of drug-likeness (QED) is 0.611. The van der Waals surface area contributed by atoms with E-state index in [0.717, 1.165) is 5.56 Å². The van der Waals surface area contributed by atoms with Gasteiger partial charge in [-0.05, 0) is 25.0 Å². The summed E-state index contributed by atoms with van der Waals surface area (Å²) in [5.74, 6) is -2.41. The molecule has 1 rings (SSSR count). The van der Waals surface area contributed by atoms with Gasteiger partial charge in [0.15, 0.2) is 0 Å². The summed E-state index contributed by atoms with van der Waals surface area (Å²) < 4.78 is 0. The number of carbonyl (C=O) groups is 3. The standard InChI is InChI=1S/C12H15N3O5/c1-7-4-8(6-13-5-7)14-12(20)15-9(11(18)19)2-3-10(16)17/h4-6,9H,2-3H2,1H3,(H,16,17)(H,18,19)(H2,14,15,20)/t9-/m0/s1. The molecule has 0 aliphatic carbocycles. The SMILES string of the molecule is Cc1cncc(NC(=O)N[C@@H](CCC(=O)O)C(=O)O)c1. The summed E-state index contributed by atoms with van der Waals surface area (Å²) in [5, 5.41) is 22.0. The lowest BCUT2D eigenvalue weighted by atomic mass is 10.1. The van der Waals surface area contributed by atoms with Crippen LogP contribution in [-0.4, -0.2) is 39.2 Å². The van der Waals surface area contributed by atoms with Crippen molar-refractivity contribution >= 4 is 23.7 Å². The van der Waals surface area contributed by atoms with E-state index in [0.29, 0.717) is 5.69 Å². The summed E-state index contributed by atoms with van der Waals surface area (Å²) in [6, 6.07) is -0.321. The summed E-state index contributed by atoms with van der Waals surface area (Å²) >= 11 is 0. The number of anilines is 1. The minimum absolute atomic E-state index is 0.190. The first-order valence-corrected chi connectivity index (χ1v) is 5.82. The molecule has 2 amide bonds. The van der Waals surface area contributed by atoms with Gasteiger partial charge in [0.1, 0.15) is 6.04 Å². The molecule has 0 fully saturated rings. The van der Waals surface area contributed by atoms with E-state index in [-0.39, 0.29) is 12.8 Å². The number of urea groups is 1. The van der Waals surface area contributed by atoms with E-state index in [1.165, 1.54) is 6.20 Å². The number of aliphatic carboxylic acids is 2. The third-order valence-corrected chi connectivity index (χ3v) is 2.38. The number of pyridine rings is 1. The van der Waals surface area contributed by atoms with Crippen molar-refractivity contribution in [3.8, 4) is 0 Å². The van der Waals surface area contributed by atoms with Crippen LogP contribution in [0.25, 0.3) is 0 Å². The van der Waals surface area contributed by atoms with Gasteiger partial charge in [0.2, 0.25) is 0 Å². The Labute approximate surface area is 114 Å². The normalized spacial score (nSPS) is 11.4. The van der Waals surface area contributed by atoms with Gasteiger partial charge in [0.05, 0.1) is 11.9 Å². The molecule has 8 heteroatoms. The highest BCUT2D eigenvalue weighted by atomic mass is 16.4. The van der Waals surface area contributed by atoms with Gasteiger partial charge in [-0.1, -0.05) is 0 Å². The first-order valence-electron chi connectivity index (χ1n) is 5.82. The molecule has 1 heterocycles. The van der Waals surface area contributed by atoms with Gasteiger partial charge in [-0.2, -0.15) is 0 Å². The summed E-state index contributed by atoms with van der Waals surface area (Å²) in [4.78, 5) is 36.8. The van der Waals surface area contributed by atoms with Crippen LogP contribution in [0.2, 0.25) is 0 Å². The Morgan fingerprint density at radius 2 is 2.00 bits per heavy atom. The second-order valence-electron chi connectivity index (χ2n) is 4.17. The molecule has 0 bridgehead atoms. The second-order valence-corrected chi connectivity index (χ2v) is 4.17. The fourth-order valence-corrected chi connectivity index (χ4v) is 1.47. The molecular weight excluding hydrogens is 266 g/mol. The van der Waals surface area contributed by atoms with Crippen molar-refractivity contribution < 1.29 is 24.6 Å². The Balaban J connectivity index is 2.57. The number of carboxylic acid groups (broad SMARTS) is 2. The number of hydrogen-bond donors (Lipinski definition) is 4. The van der Waals surface area contributed by atoms with E-state index < -0.39 is 24.0 Å². The van der Waals surface area contributed by atoms with Crippen LogP contribution >= 0.6 is 0 Å². The van der Waals surface area contributed by atoms with Crippen molar-refractivity contribution in [3.63, 3.8) is 0 Å². The molecule has 0 saturated heterocycles. The van der Waals surface area contributed by atoms with Gasteiger partial charge in [-0.25, -0.2) is 9.59 Å². The Morgan fingerprint density at radius 3 is 2.55 bits per heavy atom. The predicted octanol–water partition coefficient (Wildman–Crippen LogP) is 0.830. The van der Waals surface area contributed by atoms with Crippen LogP contribution in [0, 0.1) is 6.92 Å². The molecule has 0 aliphatic rings. The van der Waals surface area contributed by atoms with E-state index in [9.17, 15) is 14.4 Å². The van der Waals surface area contributed by atoms with Crippen LogP contribution in [0.5, 0.6) is 0 Å². The first-order chi connectivity index (χ1) is 9.38. The van der Waals surface area contributed by atoms with Gasteiger partial charge in [-0.15, -0.1) is 0 Å². The average molecular weight is 281 g/mol. The number of hydrogen-bond acceptors (Lipinski definition) is 4. The van der Waals surface area contributed by atoms with Crippen LogP contribution in [0.3, 0.4) is 0 Å². The molecule has 108 valence electrons. The zero-order chi connectivity index (χ0) is 15.1. The van der Waals surface area contributed by atoms with Crippen LogP contribution in [0.1, 0.15) is 18.4 Å². The number of rotatable bonds is 6. The smallest absolute Gasteiger partial charge is 0.326 e. The third-order valence-electron chi connectivity index (χ3n) is 2.38. The van der Waals surface area contributed by atoms with Crippen LogP contribution in [0.15, 0.2) is 18.5 Å². The molecule has 1 aromatic heterocycles. The highest BCUT2D eigenvalue weighted by Gasteiger charge is 2.20. The predicted molar refractivity (Wildman–Crippen MR) is 69.4 cm³/mol. The minimum Gasteiger partial charge on any atom is -0.481 e. The van der Waals surface area contributed by atoms with Crippen molar-refractivity contribution in [2.45, 2.75) is 25.8 Å². The number of aromatic nitrogens is 1. The van der Waals surface area contributed by atoms with E-state index in [1.807, 2.05) is 0 Å². The van der Waals surface area contributed by atoms with E-state index in [2.05, 4.69) is 15.6 Å². The number of aryl methyl sites for hydroxylation is 1. The molecule has 0 unspecified atom stereocenters. The number of carbonyl (C=O) groups excluding carboxylic acids is 1. The maximum Gasteiger partial charge on any atom is 0.326 e. The van der Waals surface area contributed by atoms with E-state index in [4.69, 9.17) is 10.2 Å². The molecule has 0 saturated carbocycles. The molecule has 8 nitrogen and oxygen atoms in total. The fourth-order valence-electron chi connectivity index (χ4n) is 1.47. The lowest BCUT2D eigenvalue weighted by Crippen LogP contribution is -2.43. The van der Waals surface area contributed by atoms with Crippen molar-refractivity contribution in [2.75, 3.05) is 5.32 Å². The van der Waals surface area contributed by atoms with Gasteiger partial charge >= 0.3 is 18.0 Å². The Morgan fingerprint density at radius 1 is 1.30 bits per heavy atom. The maximum absolute atomic E-state index is 11.6. The molecule has 0 aromatic carbocycles. The molecule has 0 radical (unpaired) electrons. The lowest BCUT2D eigenvalue weighted by molar-refractivity contribution is -0.140. The van der Waals surface area contributed by atoms with E-state index in [1.54, 1.807) is 19.2 Å². The van der Waals surface area contributed by atoms with Gasteiger partial charge in [0.25, 0.3) is 0 Å². The van der Waals surface area contributed by atoms with Crippen molar-refractivity contribution in [1.82, 2.24) is 10.3 Å². The highest BCUT2D eigenvalue weighted by Crippen LogP contribution is 2.07. The number of amides is 2.